The number of rotatable bonds is 2. The molecule has 0 spiro atoms. The van der Waals surface area contributed by atoms with E-state index in [0.717, 1.165) is 0 Å². The van der Waals surface area contributed by atoms with Crippen LogP contribution in [0, 0.1) is 5.82 Å². The molecule has 0 saturated carbocycles. The molecular weight excluding hydrogens is 261 g/mol. The molecule has 0 fully saturated rings. The van der Waals surface area contributed by atoms with Crippen LogP contribution < -0.4 is 11.3 Å². The first-order valence-electron chi connectivity index (χ1n) is 5.86. The second-order valence-corrected chi connectivity index (χ2v) is 4.18. The minimum absolute atomic E-state index is 0.0646. The molecule has 0 aliphatic heterocycles. The number of pyridine rings is 1. The predicted molar refractivity (Wildman–Crippen MR) is 72.4 cm³/mol. The van der Waals surface area contributed by atoms with Crippen LogP contribution in [0.5, 0.6) is 0 Å². The number of aromatic amines is 1. The van der Waals surface area contributed by atoms with Crippen molar-refractivity contribution in [2.24, 2.45) is 0 Å². The standard InChI is InChI=1S/C14H10FN3O2/c15-9-5-2-1-4-8(9)12-13(20-18-14(12)16)10-6-3-7-11(19)17-10/h1-7H,(H2,16,18)(H,17,19). The number of nitrogens with two attached hydrogens (primary N) is 1. The number of anilines is 1. The molecule has 0 aliphatic carbocycles. The minimum Gasteiger partial charge on any atom is -0.380 e. The number of H-pyrrole nitrogens is 1. The summed E-state index contributed by atoms with van der Waals surface area (Å²) >= 11 is 0. The van der Waals surface area contributed by atoms with E-state index in [1.807, 2.05) is 0 Å². The van der Waals surface area contributed by atoms with E-state index in [-0.39, 0.29) is 22.7 Å². The summed E-state index contributed by atoms with van der Waals surface area (Å²) in [5, 5.41) is 3.65. The van der Waals surface area contributed by atoms with Crippen molar-refractivity contribution < 1.29 is 8.91 Å². The number of nitrogens with zero attached hydrogens (tertiary/aromatic N) is 1. The third-order valence-electron chi connectivity index (χ3n) is 2.87. The number of hydrogen-bond donors (Lipinski definition) is 2. The molecule has 5 nitrogen and oxygen atoms in total. The van der Waals surface area contributed by atoms with Gasteiger partial charge in [-0.15, -0.1) is 0 Å². The van der Waals surface area contributed by atoms with Gasteiger partial charge in [0.25, 0.3) is 0 Å². The van der Waals surface area contributed by atoms with Crippen LogP contribution >= 0.6 is 0 Å². The zero-order valence-corrected chi connectivity index (χ0v) is 10.3. The molecule has 1 aromatic carbocycles. The van der Waals surface area contributed by atoms with Gasteiger partial charge in [-0.05, 0) is 12.1 Å². The van der Waals surface area contributed by atoms with Gasteiger partial charge in [0.05, 0.1) is 11.3 Å². The maximum Gasteiger partial charge on any atom is 0.248 e. The van der Waals surface area contributed by atoms with Gasteiger partial charge in [-0.3, -0.25) is 4.79 Å². The maximum absolute atomic E-state index is 13.9. The highest BCUT2D eigenvalue weighted by Crippen LogP contribution is 2.36. The molecule has 0 atom stereocenters. The SMILES string of the molecule is Nc1noc(-c2cccc(=O)[nH]2)c1-c1ccccc1F. The zero-order chi connectivity index (χ0) is 14.1. The molecular formula is C14H10FN3O2. The van der Waals surface area contributed by atoms with Gasteiger partial charge < -0.3 is 15.2 Å². The van der Waals surface area contributed by atoms with Gasteiger partial charge in [0.15, 0.2) is 11.6 Å². The van der Waals surface area contributed by atoms with Crippen LogP contribution in [-0.4, -0.2) is 10.1 Å². The van der Waals surface area contributed by atoms with Crippen LogP contribution in [0.1, 0.15) is 0 Å². The van der Waals surface area contributed by atoms with Crippen LogP contribution in [0.25, 0.3) is 22.6 Å². The van der Waals surface area contributed by atoms with Gasteiger partial charge in [-0.25, -0.2) is 4.39 Å². The molecule has 100 valence electrons. The summed E-state index contributed by atoms with van der Waals surface area (Å²) < 4.78 is 19.0. The van der Waals surface area contributed by atoms with Crippen molar-refractivity contribution >= 4 is 5.82 Å². The number of aromatic nitrogens is 2. The number of halogens is 1. The van der Waals surface area contributed by atoms with Crippen molar-refractivity contribution in [3.05, 3.63) is 58.6 Å². The van der Waals surface area contributed by atoms with E-state index >= 15 is 0 Å². The summed E-state index contributed by atoms with van der Waals surface area (Å²) in [6.07, 6.45) is 0. The van der Waals surface area contributed by atoms with Gasteiger partial charge in [0.1, 0.15) is 5.82 Å². The first-order chi connectivity index (χ1) is 9.66. The second-order valence-electron chi connectivity index (χ2n) is 4.18. The summed E-state index contributed by atoms with van der Waals surface area (Å²) in [7, 11) is 0. The van der Waals surface area contributed by atoms with Crippen LogP contribution in [0.3, 0.4) is 0 Å². The van der Waals surface area contributed by atoms with E-state index in [1.165, 1.54) is 12.1 Å². The lowest BCUT2D eigenvalue weighted by atomic mass is 10.0. The van der Waals surface area contributed by atoms with Gasteiger partial charge >= 0.3 is 0 Å². The molecule has 20 heavy (non-hydrogen) atoms. The van der Waals surface area contributed by atoms with E-state index in [4.69, 9.17) is 10.3 Å². The summed E-state index contributed by atoms with van der Waals surface area (Å²) in [5.74, 6) is -0.151. The van der Waals surface area contributed by atoms with Gasteiger partial charge in [-0.2, -0.15) is 0 Å². The molecule has 3 N–H and O–H groups in total. The quantitative estimate of drug-likeness (QED) is 0.749. The average Bonchev–Trinajstić information content (AvgIpc) is 2.81. The van der Waals surface area contributed by atoms with Crippen LogP contribution in [0.4, 0.5) is 10.2 Å². The number of nitrogens with one attached hydrogen (secondary N) is 1. The number of benzene rings is 1. The van der Waals surface area contributed by atoms with Crippen molar-refractivity contribution in [1.29, 1.82) is 0 Å². The molecule has 0 unspecified atom stereocenters. The van der Waals surface area contributed by atoms with Crippen molar-refractivity contribution in [2.45, 2.75) is 0 Å². The Morgan fingerprint density at radius 1 is 1.15 bits per heavy atom. The van der Waals surface area contributed by atoms with Gasteiger partial charge in [0.2, 0.25) is 5.56 Å². The third kappa shape index (κ3) is 1.97. The van der Waals surface area contributed by atoms with Crippen molar-refractivity contribution in [3.8, 4) is 22.6 Å². The van der Waals surface area contributed by atoms with E-state index in [1.54, 1.807) is 30.3 Å². The lowest BCUT2D eigenvalue weighted by Gasteiger charge is -2.03. The summed E-state index contributed by atoms with van der Waals surface area (Å²) in [4.78, 5) is 14.0. The minimum atomic E-state index is -0.443. The Morgan fingerprint density at radius 2 is 1.95 bits per heavy atom. The molecule has 0 radical (unpaired) electrons. The summed E-state index contributed by atoms with van der Waals surface area (Å²) in [6.45, 7) is 0. The van der Waals surface area contributed by atoms with Crippen LogP contribution in [0.2, 0.25) is 0 Å². The Balaban J connectivity index is 2.26. The first kappa shape index (κ1) is 12.2. The average molecular weight is 271 g/mol. The Morgan fingerprint density at radius 3 is 2.70 bits per heavy atom. The summed E-state index contributed by atoms with van der Waals surface area (Å²) in [6, 6.07) is 10.7. The van der Waals surface area contributed by atoms with E-state index in [9.17, 15) is 9.18 Å². The number of nitrogen functional groups attached to an aromatic ring is 1. The topological polar surface area (TPSA) is 84.9 Å². The Kier molecular flexibility index (Phi) is 2.83. The molecule has 0 aliphatic rings. The molecule has 3 rings (SSSR count). The maximum atomic E-state index is 13.9. The zero-order valence-electron chi connectivity index (χ0n) is 10.3. The fourth-order valence-electron chi connectivity index (χ4n) is 1.99. The number of hydrogen-bond acceptors (Lipinski definition) is 4. The molecule has 0 bridgehead atoms. The normalized spacial score (nSPS) is 10.7. The van der Waals surface area contributed by atoms with Gasteiger partial charge in [-0.1, -0.05) is 29.4 Å². The monoisotopic (exact) mass is 271 g/mol. The largest absolute Gasteiger partial charge is 0.380 e. The fraction of sp³-hybridized carbons (Fsp3) is 0. The molecule has 6 heteroatoms. The van der Waals surface area contributed by atoms with E-state index in [2.05, 4.69) is 10.1 Å². The van der Waals surface area contributed by atoms with Crippen LogP contribution in [0.15, 0.2) is 51.8 Å². The Bertz CT molecular complexity index is 823. The van der Waals surface area contributed by atoms with Crippen molar-refractivity contribution in [3.63, 3.8) is 0 Å². The molecule has 0 saturated heterocycles. The van der Waals surface area contributed by atoms with Gasteiger partial charge in [0, 0.05) is 11.6 Å². The third-order valence-corrected chi connectivity index (χ3v) is 2.87. The second kappa shape index (κ2) is 4.65. The highest BCUT2D eigenvalue weighted by atomic mass is 19.1. The lowest BCUT2D eigenvalue weighted by Crippen LogP contribution is -2.03. The lowest BCUT2D eigenvalue weighted by molar-refractivity contribution is 0.434. The highest BCUT2D eigenvalue weighted by Gasteiger charge is 2.20. The molecule has 0 amide bonds. The van der Waals surface area contributed by atoms with E-state index in [0.29, 0.717) is 11.3 Å². The first-order valence-corrected chi connectivity index (χ1v) is 5.86. The Hall–Kier alpha value is -2.89. The Labute approximate surface area is 112 Å². The van der Waals surface area contributed by atoms with Crippen molar-refractivity contribution in [1.82, 2.24) is 10.1 Å². The molecule has 3 aromatic rings. The molecule has 2 heterocycles. The predicted octanol–water partition coefficient (Wildman–Crippen LogP) is 2.42. The summed E-state index contributed by atoms with van der Waals surface area (Å²) in [5.41, 5.74) is 6.44. The van der Waals surface area contributed by atoms with Crippen LogP contribution in [-0.2, 0) is 0 Å². The highest BCUT2D eigenvalue weighted by molar-refractivity contribution is 5.85. The van der Waals surface area contributed by atoms with E-state index < -0.39 is 5.82 Å². The van der Waals surface area contributed by atoms with Crippen molar-refractivity contribution in [2.75, 3.05) is 5.73 Å². The smallest absolute Gasteiger partial charge is 0.248 e. The molecule has 2 aromatic heterocycles. The fourth-order valence-corrected chi connectivity index (χ4v) is 1.99.